The van der Waals surface area contributed by atoms with Crippen LogP contribution in [0.15, 0.2) is 28.6 Å². The average Bonchev–Trinajstić information content (AvgIpc) is 3.04. The van der Waals surface area contributed by atoms with Crippen molar-refractivity contribution in [3.8, 4) is 0 Å². The number of hydrogen-bond donors (Lipinski definition) is 1. The Balaban J connectivity index is 1.87. The van der Waals surface area contributed by atoms with Gasteiger partial charge >= 0.3 is 0 Å². The summed E-state index contributed by atoms with van der Waals surface area (Å²) in [5.41, 5.74) is 1.66. The third kappa shape index (κ3) is 7.11. The summed E-state index contributed by atoms with van der Waals surface area (Å²) in [6.45, 7) is 4.27. The van der Waals surface area contributed by atoms with E-state index in [1.54, 1.807) is 23.9 Å². The first-order valence-corrected chi connectivity index (χ1v) is 12.2. The molecular formula is C17H24N4O3S3. The van der Waals surface area contributed by atoms with Gasteiger partial charge in [0.1, 0.15) is 0 Å². The predicted octanol–water partition coefficient (Wildman–Crippen LogP) is 3.53. The van der Waals surface area contributed by atoms with Crippen molar-refractivity contribution < 1.29 is 13.2 Å². The smallest absolute Gasteiger partial charge is 0.232 e. The van der Waals surface area contributed by atoms with Crippen LogP contribution >= 0.6 is 23.1 Å². The van der Waals surface area contributed by atoms with Crippen LogP contribution in [0.25, 0.3) is 0 Å². The molecule has 2 aromatic rings. The molecule has 0 atom stereocenters. The maximum atomic E-state index is 12.1. The van der Waals surface area contributed by atoms with E-state index in [1.165, 1.54) is 21.9 Å². The molecule has 0 aliphatic carbocycles. The Bertz CT molecular complexity index is 851. The summed E-state index contributed by atoms with van der Waals surface area (Å²) < 4.78 is 26.3. The first kappa shape index (κ1) is 21.6. The van der Waals surface area contributed by atoms with Crippen molar-refractivity contribution in [2.75, 3.05) is 28.2 Å². The summed E-state index contributed by atoms with van der Waals surface area (Å²) in [5.74, 6) is 0.763. The van der Waals surface area contributed by atoms with Crippen molar-refractivity contribution in [2.24, 2.45) is 0 Å². The number of nitrogens with zero attached hydrogens (tertiary/aromatic N) is 3. The van der Waals surface area contributed by atoms with Gasteiger partial charge in [-0.1, -0.05) is 47.7 Å². The van der Waals surface area contributed by atoms with E-state index in [0.717, 1.165) is 22.1 Å². The second-order valence-electron chi connectivity index (χ2n) is 6.04. The normalized spacial score (nSPS) is 11.4. The third-order valence-corrected chi connectivity index (χ3v) is 6.94. The molecule has 1 amide bonds. The van der Waals surface area contributed by atoms with Gasteiger partial charge in [0.05, 0.1) is 11.9 Å². The second kappa shape index (κ2) is 10.0. The topological polar surface area (TPSA) is 92.3 Å². The molecule has 1 aromatic carbocycles. The molecule has 0 aliphatic rings. The van der Waals surface area contributed by atoms with Crippen LogP contribution in [0, 0.1) is 6.92 Å². The molecule has 0 radical (unpaired) electrons. The number of hydrogen-bond acceptors (Lipinski definition) is 7. The van der Waals surface area contributed by atoms with Crippen LogP contribution in [0.1, 0.15) is 31.7 Å². The molecule has 1 N–H and O–H groups in total. The number of carbonyl (C=O) groups excluding carboxylic acids is 1. The molecule has 148 valence electrons. The number of nitrogens with one attached hydrogen (secondary N) is 1. The van der Waals surface area contributed by atoms with Crippen LogP contribution in [0.2, 0.25) is 0 Å². The van der Waals surface area contributed by atoms with Gasteiger partial charge < -0.3 is 5.32 Å². The Morgan fingerprint density at radius 1 is 1.26 bits per heavy atom. The minimum atomic E-state index is -3.41. The molecule has 0 bridgehead atoms. The lowest BCUT2D eigenvalue weighted by Crippen LogP contribution is -2.31. The molecule has 0 unspecified atom stereocenters. The zero-order chi connectivity index (χ0) is 19.9. The molecule has 0 fully saturated rings. The Morgan fingerprint density at radius 2 is 1.96 bits per heavy atom. The highest BCUT2D eigenvalue weighted by atomic mass is 32.2. The molecule has 1 aromatic heterocycles. The monoisotopic (exact) mass is 428 g/mol. The lowest BCUT2D eigenvalue weighted by Gasteiger charge is -2.22. The molecule has 2 rings (SSSR count). The van der Waals surface area contributed by atoms with Gasteiger partial charge in [0, 0.05) is 18.7 Å². The fraction of sp³-hybridized carbons (Fsp3) is 0.471. The average molecular weight is 429 g/mol. The van der Waals surface area contributed by atoms with Gasteiger partial charge in [-0.05, 0) is 31.9 Å². The Morgan fingerprint density at radius 3 is 2.59 bits per heavy atom. The fourth-order valence-electron chi connectivity index (χ4n) is 2.27. The standard InChI is InChI=1S/C17H24N4O3S3/c1-4-12-25-17-20-19-16(26-17)18-15(22)6-5-11-21(27(3,23)24)14-9-7-13(2)8-10-14/h7-10H,4-6,11-12H2,1-3H3,(H,18,19,22). The van der Waals surface area contributed by atoms with Gasteiger partial charge in [-0.2, -0.15) is 0 Å². The second-order valence-corrected chi connectivity index (χ2v) is 10.3. The molecule has 7 nitrogen and oxygen atoms in total. The van der Waals surface area contributed by atoms with Gasteiger partial charge in [0.25, 0.3) is 0 Å². The first-order chi connectivity index (χ1) is 12.8. The Labute approximate surface area is 168 Å². The number of carbonyl (C=O) groups is 1. The number of aryl methyl sites for hydroxylation is 1. The highest BCUT2D eigenvalue weighted by Crippen LogP contribution is 2.26. The van der Waals surface area contributed by atoms with Crippen LogP contribution in [0.3, 0.4) is 0 Å². The molecule has 10 heteroatoms. The van der Waals surface area contributed by atoms with E-state index < -0.39 is 10.0 Å². The molecule has 0 saturated carbocycles. The highest BCUT2D eigenvalue weighted by molar-refractivity contribution is 8.01. The van der Waals surface area contributed by atoms with Gasteiger partial charge in [-0.3, -0.25) is 9.10 Å². The molecule has 0 spiro atoms. The van der Waals surface area contributed by atoms with Crippen molar-refractivity contribution in [3.05, 3.63) is 29.8 Å². The quantitative estimate of drug-likeness (QED) is 0.460. The van der Waals surface area contributed by atoms with Crippen LogP contribution in [-0.4, -0.2) is 43.1 Å². The summed E-state index contributed by atoms with van der Waals surface area (Å²) in [7, 11) is -3.41. The maximum Gasteiger partial charge on any atom is 0.232 e. The van der Waals surface area contributed by atoms with Gasteiger partial charge in [-0.25, -0.2) is 8.42 Å². The molecule has 0 saturated heterocycles. The van der Waals surface area contributed by atoms with Crippen LogP contribution in [-0.2, 0) is 14.8 Å². The summed E-state index contributed by atoms with van der Waals surface area (Å²) in [6, 6.07) is 7.27. The lowest BCUT2D eigenvalue weighted by atomic mass is 10.2. The first-order valence-electron chi connectivity index (χ1n) is 8.60. The SMILES string of the molecule is CCCSc1nnc(NC(=O)CCCN(c2ccc(C)cc2)S(C)(=O)=O)s1. The van der Waals surface area contributed by atoms with Crippen molar-refractivity contribution >= 4 is 49.8 Å². The number of sulfonamides is 1. The van der Waals surface area contributed by atoms with E-state index in [4.69, 9.17) is 0 Å². The number of anilines is 2. The molecule has 1 heterocycles. The summed E-state index contributed by atoms with van der Waals surface area (Å²) in [6.07, 6.45) is 2.82. The van der Waals surface area contributed by atoms with Gasteiger partial charge in [0.2, 0.25) is 21.1 Å². The lowest BCUT2D eigenvalue weighted by molar-refractivity contribution is -0.116. The number of aromatic nitrogens is 2. The van der Waals surface area contributed by atoms with E-state index in [1.807, 2.05) is 19.1 Å². The van der Waals surface area contributed by atoms with Crippen molar-refractivity contribution in [1.29, 1.82) is 0 Å². The van der Waals surface area contributed by atoms with E-state index in [9.17, 15) is 13.2 Å². The zero-order valence-corrected chi connectivity index (χ0v) is 18.1. The van der Waals surface area contributed by atoms with E-state index in [-0.39, 0.29) is 18.9 Å². The molecular weight excluding hydrogens is 404 g/mol. The van der Waals surface area contributed by atoms with E-state index in [2.05, 4.69) is 22.4 Å². The highest BCUT2D eigenvalue weighted by Gasteiger charge is 2.17. The Kier molecular flexibility index (Phi) is 8.06. The maximum absolute atomic E-state index is 12.1. The van der Waals surface area contributed by atoms with E-state index >= 15 is 0 Å². The van der Waals surface area contributed by atoms with Gasteiger partial charge in [-0.15, -0.1) is 10.2 Å². The van der Waals surface area contributed by atoms with Crippen molar-refractivity contribution in [3.63, 3.8) is 0 Å². The summed E-state index contributed by atoms with van der Waals surface area (Å²) in [4.78, 5) is 12.1. The zero-order valence-electron chi connectivity index (χ0n) is 15.6. The van der Waals surface area contributed by atoms with Crippen LogP contribution in [0.5, 0.6) is 0 Å². The van der Waals surface area contributed by atoms with Crippen molar-refractivity contribution in [1.82, 2.24) is 10.2 Å². The predicted molar refractivity (Wildman–Crippen MR) is 112 cm³/mol. The minimum absolute atomic E-state index is 0.199. The number of thioether (sulfide) groups is 1. The summed E-state index contributed by atoms with van der Waals surface area (Å²) >= 11 is 2.96. The van der Waals surface area contributed by atoms with E-state index in [0.29, 0.717) is 17.2 Å². The molecule has 27 heavy (non-hydrogen) atoms. The summed E-state index contributed by atoms with van der Waals surface area (Å²) in [5, 5.41) is 11.2. The van der Waals surface area contributed by atoms with Gasteiger partial charge in [0.15, 0.2) is 4.34 Å². The Hall–Kier alpha value is -1.65. The van der Waals surface area contributed by atoms with Crippen LogP contribution in [0.4, 0.5) is 10.8 Å². The van der Waals surface area contributed by atoms with Crippen LogP contribution < -0.4 is 9.62 Å². The molecule has 0 aliphatic heterocycles. The number of amides is 1. The van der Waals surface area contributed by atoms with Crippen molar-refractivity contribution in [2.45, 2.75) is 37.4 Å². The number of benzene rings is 1. The fourth-order valence-corrected chi connectivity index (χ4v) is 4.93. The minimum Gasteiger partial charge on any atom is -0.301 e. The largest absolute Gasteiger partial charge is 0.301 e. The number of rotatable bonds is 10. The third-order valence-electron chi connectivity index (χ3n) is 3.57.